The van der Waals surface area contributed by atoms with Crippen LogP contribution >= 0.6 is 12.2 Å². The van der Waals surface area contributed by atoms with Crippen molar-refractivity contribution in [2.45, 2.75) is 20.3 Å². The number of carbonyl (C=O) groups excluding carboxylic acids is 1. The summed E-state index contributed by atoms with van der Waals surface area (Å²) in [6, 6.07) is 12.5. The second kappa shape index (κ2) is 9.02. The monoisotopic (exact) mass is 425 g/mol. The minimum Gasteiger partial charge on any atom is -0.494 e. The number of nitrogens with zero attached hydrogens (tertiary/aromatic N) is 2. The summed E-state index contributed by atoms with van der Waals surface area (Å²) in [4.78, 5) is 16.1. The van der Waals surface area contributed by atoms with Crippen LogP contribution in [0.1, 0.15) is 18.9 Å². The lowest BCUT2D eigenvalue weighted by Crippen LogP contribution is -2.37. The fraction of sp³-hybridized carbons (Fsp3) is 0.391. The van der Waals surface area contributed by atoms with Crippen LogP contribution in [0.4, 0.5) is 11.4 Å². The van der Waals surface area contributed by atoms with E-state index in [0.717, 1.165) is 60.9 Å². The lowest BCUT2D eigenvalue weighted by atomic mass is 9.97. The number of aryl methyl sites for hydroxylation is 1. The Hall–Kier alpha value is -2.64. The first kappa shape index (κ1) is 20.6. The Bertz CT molecular complexity index is 939. The van der Waals surface area contributed by atoms with Crippen LogP contribution in [0.5, 0.6) is 5.75 Å². The number of benzene rings is 2. The summed E-state index contributed by atoms with van der Waals surface area (Å²) in [5, 5.41) is 3.18. The summed E-state index contributed by atoms with van der Waals surface area (Å²) < 4.78 is 11.3. The third kappa shape index (κ3) is 4.27. The van der Waals surface area contributed by atoms with Gasteiger partial charge in [-0.3, -0.25) is 4.79 Å². The summed E-state index contributed by atoms with van der Waals surface area (Å²) in [6.45, 7) is 8.32. The Labute approximate surface area is 182 Å². The molecular formula is C23H27N3O3S. The van der Waals surface area contributed by atoms with E-state index in [-0.39, 0.29) is 12.5 Å². The average molecular weight is 426 g/mol. The molecule has 2 aliphatic rings. The van der Waals surface area contributed by atoms with E-state index < -0.39 is 0 Å². The van der Waals surface area contributed by atoms with Crippen molar-refractivity contribution in [3.63, 3.8) is 0 Å². The molecule has 0 atom stereocenters. The minimum atomic E-state index is -0.0751. The number of hydrogen-bond donors (Lipinski definition) is 1. The van der Waals surface area contributed by atoms with E-state index in [1.165, 1.54) is 5.69 Å². The van der Waals surface area contributed by atoms with Gasteiger partial charge < -0.3 is 24.6 Å². The molecule has 1 N–H and O–H groups in total. The first-order chi connectivity index (χ1) is 14.6. The smallest absolute Gasteiger partial charge is 0.246 e. The number of amides is 1. The Kier molecular flexibility index (Phi) is 6.20. The lowest BCUT2D eigenvalue weighted by molar-refractivity contribution is -0.117. The molecule has 2 aromatic rings. The largest absolute Gasteiger partial charge is 0.494 e. The van der Waals surface area contributed by atoms with E-state index in [1.54, 1.807) is 0 Å². The van der Waals surface area contributed by atoms with Crippen molar-refractivity contribution in [3.8, 4) is 16.9 Å². The van der Waals surface area contributed by atoms with Gasteiger partial charge in [0.25, 0.3) is 0 Å². The molecule has 2 heterocycles. The lowest BCUT2D eigenvalue weighted by Gasteiger charge is -2.33. The molecule has 1 amide bonds. The predicted octanol–water partition coefficient (Wildman–Crippen LogP) is 3.51. The van der Waals surface area contributed by atoms with Crippen LogP contribution in [0.15, 0.2) is 36.4 Å². The quantitative estimate of drug-likeness (QED) is 0.715. The first-order valence-corrected chi connectivity index (χ1v) is 10.8. The molecular weight excluding hydrogens is 398 g/mol. The van der Waals surface area contributed by atoms with Crippen molar-refractivity contribution in [2.24, 2.45) is 0 Å². The summed E-state index contributed by atoms with van der Waals surface area (Å²) in [5.41, 5.74) is 5.51. The number of nitrogens with one attached hydrogen (secondary N) is 1. The molecule has 158 valence electrons. The molecule has 2 fully saturated rings. The predicted molar refractivity (Wildman–Crippen MR) is 124 cm³/mol. The molecule has 0 aliphatic carbocycles. The van der Waals surface area contributed by atoms with Gasteiger partial charge in [-0.05, 0) is 61.0 Å². The van der Waals surface area contributed by atoms with E-state index in [0.29, 0.717) is 11.7 Å². The van der Waals surface area contributed by atoms with E-state index in [1.807, 2.05) is 17.0 Å². The first-order valence-electron chi connectivity index (χ1n) is 10.4. The third-order valence-corrected chi connectivity index (χ3v) is 5.68. The number of ether oxygens (including phenoxy) is 2. The molecule has 2 aliphatic heterocycles. The van der Waals surface area contributed by atoms with Crippen LogP contribution in [0.25, 0.3) is 11.1 Å². The van der Waals surface area contributed by atoms with Gasteiger partial charge in [-0.25, -0.2) is 0 Å². The van der Waals surface area contributed by atoms with Crippen molar-refractivity contribution in [1.29, 1.82) is 0 Å². The van der Waals surface area contributed by atoms with Gasteiger partial charge in [-0.1, -0.05) is 19.1 Å². The fourth-order valence-electron chi connectivity index (χ4n) is 3.94. The van der Waals surface area contributed by atoms with Gasteiger partial charge in [-0.2, -0.15) is 0 Å². The van der Waals surface area contributed by atoms with Gasteiger partial charge in [0.05, 0.1) is 19.8 Å². The second-order valence-corrected chi connectivity index (χ2v) is 7.96. The molecule has 0 spiro atoms. The zero-order chi connectivity index (χ0) is 21.1. The number of thiocarbonyl (C=S) groups is 1. The summed E-state index contributed by atoms with van der Waals surface area (Å²) >= 11 is 5.37. The Morgan fingerprint density at radius 2 is 1.90 bits per heavy atom. The van der Waals surface area contributed by atoms with Crippen LogP contribution in [0.3, 0.4) is 0 Å². The SMILES string of the molecule is CCCOc1ccc(-c2cc(N3CC(=O)NC3=S)cc(C)c2N2CCOCC2)cc1. The number of carbonyl (C=O) groups is 1. The summed E-state index contributed by atoms with van der Waals surface area (Å²) in [5.74, 6) is 0.797. The highest BCUT2D eigenvalue weighted by atomic mass is 32.1. The fourth-order valence-corrected chi connectivity index (χ4v) is 4.23. The van der Waals surface area contributed by atoms with Gasteiger partial charge in [-0.15, -0.1) is 0 Å². The topological polar surface area (TPSA) is 54.0 Å². The maximum atomic E-state index is 11.8. The Morgan fingerprint density at radius 1 is 1.17 bits per heavy atom. The molecule has 6 nitrogen and oxygen atoms in total. The maximum Gasteiger partial charge on any atom is 0.246 e. The molecule has 2 saturated heterocycles. The zero-order valence-corrected chi connectivity index (χ0v) is 18.3. The Balaban J connectivity index is 1.76. The van der Waals surface area contributed by atoms with Crippen molar-refractivity contribution in [2.75, 3.05) is 49.3 Å². The molecule has 0 saturated carbocycles. The summed E-state index contributed by atoms with van der Waals surface area (Å²) in [7, 11) is 0. The molecule has 30 heavy (non-hydrogen) atoms. The highest BCUT2D eigenvalue weighted by Crippen LogP contribution is 2.39. The van der Waals surface area contributed by atoms with Gasteiger partial charge >= 0.3 is 0 Å². The molecule has 4 rings (SSSR count). The normalized spacial score (nSPS) is 16.7. The molecule has 0 radical (unpaired) electrons. The average Bonchev–Trinajstić information content (AvgIpc) is 3.10. The molecule has 0 unspecified atom stereocenters. The number of anilines is 2. The van der Waals surface area contributed by atoms with Gasteiger partial charge in [0.1, 0.15) is 12.3 Å². The second-order valence-electron chi connectivity index (χ2n) is 7.57. The van der Waals surface area contributed by atoms with Crippen molar-refractivity contribution >= 4 is 34.6 Å². The maximum absolute atomic E-state index is 11.8. The highest BCUT2D eigenvalue weighted by Gasteiger charge is 2.27. The standard InChI is InChI=1S/C23H27N3O3S/c1-3-10-29-19-6-4-17(5-7-19)20-14-18(26-15-21(27)24-23(26)30)13-16(2)22(20)25-8-11-28-12-9-25/h4-7,13-14H,3,8-12,15H2,1-2H3,(H,24,27,30). The molecule has 0 aromatic heterocycles. The zero-order valence-electron chi connectivity index (χ0n) is 17.4. The van der Waals surface area contributed by atoms with E-state index >= 15 is 0 Å². The molecule has 0 bridgehead atoms. The van der Waals surface area contributed by atoms with Crippen molar-refractivity contribution in [3.05, 3.63) is 42.0 Å². The van der Waals surface area contributed by atoms with Crippen molar-refractivity contribution in [1.82, 2.24) is 5.32 Å². The van der Waals surface area contributed by atoms with E-state index in [2.05, 4.69) is 48.3 Å². The minimum absolute atomic E-state index is 0.0751. The van der Waals surface area contributed by atoms with E-state index in [9.17, 15) is 4.79 Å². The van der Waals surface area contributed by atoms with Crippen LogP contribution in [0, 0.1) is 6.92 Å². The van der Waals surface area contributed by atoms with E-state index in [4.69, 9.17) is 21.7 Å². The van der Waals surface area contributed by atoms with Gasteiger partial charge in [0.2, 0.25) is 5.91 Å². The van der Waals surface area contributed by atoms with Crippen LogP contribution in [-0.4, -0.2) is 50.5 Å². The summed E-state index contributed by atoms with van der Waals surface area (Å²) in [6.07, 6.45) is 0.979. The molecule has 7 heteroatoms. The molecule has 2 aromatic carbocycles. The van der Waals surface area contributed by atoms with Crippen LogP contribution in [0.2, 0.25) is 0 Å². The number of morpholine rings is 1. The number of rotatable bonds is 6. The van der Waals surface area contributed by atoms with Crippen molar-refractivity contribution < 1.29 is 14.3 Å². The van der Waals surface area contributed by atoms with Crippen LogP contribution < -0.4 is 19.9 Å². The number of hydrogen-bond acceptors (Lipinski definition) is 5. The Morgan fingerprint density at radius 3 is 2.53 bits per heavy atom. The highest BCUT2D eigenvalue weighted by molar-refractivity contribution is 7.80. The van der Waals surface area contributed by atoms with Crippen LogP contribution in [-0.2, 0) is 9.53 Å². The third-order valence-electron chi connectivity index (χ3n) is 5.36. The van der Waals surface area contributed by atoms with Gasteiger partial charge in [0, 0.05) is 30.0 Å². The van der Waals surface area contributed by atoms with Gasteiger partial charge in [0.15, 0.2) is 5.11 Å².